The first-order chi connectivity index (χ1) is 12.9. The smallest absolute Gasteiger partial charge is 0.321 e. The first-order valence-corrected chi connectivity index (χ1v) is 10.2. The summed E-state index contributed by atoms with van der Waals surface area (Å²) in [4.78, 5) is 21.7. The van der Waals surface area contributed by atoms with E-state index in [2.05, 4.69) is 29.1 Å². The molecular formula is C21H35N5O. The van der Waals surface area contributed by atoms with E-state index in [0.29, 0.717) is 12.0 Å². The second-order valence-electron chi connectivity index (χ2n) is 8.28. The molecule has 0 radical (unpaired) electrons. The van der Waals surface area contributed by atoms with E-state index in [9.17, 15) is 4.79 Å². The van der Waals surface area contributed by atoms with Crippen LogP contribution in [0.3, 0.4) is 0 Å². The Hall–Kier alpha value is -1.79. The van der Waals surface area contributed by atoms with Crippen molar-refractivity contribution in [2.75, 3.05) is 70.6 Å². The fourth-order valence-electron chi connectivity index (χ4n) is 4.18. The summed E-state index contributed by atoms with van der Waals surface area (Å²) in [7, 11) is 6.22. The highest BCUT2D eigenvalue weighted by atomic mass is 16.2. The lowest BCUT2D eigenvalue weighted by molar-refractivity contribution is 0.0676. The second-order valence-corrected chi connectivity index (χ2v) is 8.28. The van der Waals surface area contributed by atoms with Gasteiger partial charge in [-0.2, -0.15) is 0 Å². The van der Waals surface area contributed by atoms with E-state index in [-0.39, 0.29) is 6.03 Å². The van der Waals surface area contributed by atoms with Gasteiger partial charge in [-0.15, -0.1) is 0 Å². The fourth-order valence-corrected chi connectivity index (χ4v) is 4.18. The molecule has 2 aliphatic heterocycles. The van der Waals surface area contributed by atoms with Crippen molar-refractivity contribution in [1.29, 1.82) is 0 Å². The molecule has 1 atom stereocenters. The van der Waals surface area contributed by atoms with E-state index in [1.807, 2.05) is 48.2 Å². The Morgan fingerprint density at radius 2 is 1.78 bits per heavy atom. The maximum absolute atomic E-state index is 12.6. The number of piperazine rings is 1. The van der Waals surface area contributed by atoms with Crippen molar-refractivity contribution < 1.29 is 4.79 Å². The van der Waals surface area contributed by atoms with Gasteiger partial charge < -0.3 is 20.0 Å². The number of nitrogens with zero attached hydrogens (tertiary/aromatic N) is 4. The van der Waals surface area contributed by atoms with Crippen molar-refractivity contribution in [1.82, 2.24) is 14.7 Å². The summed E-state index contributed by atoms with van der Waals surface area (Å²) in [5.74, 6) is 0.689. The van der Waals surface area contributed by atoms with E-state index in [0.717, 1.165) is 50.4 Å². The van der Waals surface area contributed by atoms with Gasteiger partial charge in [0.15, 0.2) is 0 Å². The standard InChI is InChI=1S/C21H35N5O/c1-17(25-14-12-24(4)13-15-25)18-8-10-26(11-9-18)21(27)22-19-6-5-7-20(16-19)23(2)3/h5-7,16-18H,8-15H2,1-4H3,(H,22,27)/t17-/m0/s1. The second kappa shape index (κ2) is 8.93. The van der Waals surface area contributed by atoms with Gasteiger partial charge in [-0.1, -0.05) is 6.07 Å². The SMILES string of the molecule is C[C@@H](C1CCN(C(=O)Nc2cccc(N(C)C)c2)CC1)N1CCN(C)CC1. The Morgan fingerprint density at radius 3 is 2.41 bits per heavy atom. The van der Waals surface area contributed by atoms with Crippen LogP contribution in [0.1, 0.15) is 19.8 Å². The summed E-state index contributed by atoms with van der Waals surface area (Å²) in [6.07, 6.45) is 2.19. The highest BCUT2D eigenvalue weighted by Gasteiger charge is 2.30. The summed E-state index contributed by atoms with van der Waals surface area (Å²) in [6, 6.07) is 8.63. The number of carbonyl (C=O) groups excluding carboxylic acids is 1. The largest absolute Gasteiger partial charge is 0.378 e. The molecule has 150 valence electrons. The normalized spacial score (nSPS) is 21.1. The average molecular weight is 374 g/mol. The highest BCUT2D eigenvalue weighted by Crippen LogP contribution is 2.25. The minimum atomic E-state index is 0.0246. The van der Waals surface area contributed by atoms with E-state index < -0.39 is 0 Å². The summed E-state index contributed by atoms with van der Waals surface area (Å²) < 4.78 is 0. The van der Waals surface area contributed by atoms with Crippen LogP contribution in [-0.2, 0) is 0 Å². The average Bonchev–Trinajstić information content (AvgIpc) is 2.68. The number of likely N-dealkylation sites (tertiary alicyclic amines) is 1. The number of anilines is 2. The van der Waals surface area contributed by atoms with Gasteiger partial charge in [0.05, 0.1) is 0 Å². The van der Waals surface area contributed by atoms with E-state index in [1.54, 1.807) is 0 Å². The van der Waals surface area contributed by atoms with Crippen LogP contribution in [0.5, 0.6) is 0 Å². The molecule has 6 heteroatoms. The Morgan fingerprint density at radius 1 is 1.11 bits per heavy atom. The summed E-state index contributed by atoms with van der Waals surface area (Å²) in [5.41, 5.74) is 1.95. The molecule has 2 fully saturated rings. The van der Waals surface area contributed by atoms with Crippen LogP contribution in [-0.4, -0.2) is 87.2 Å². The van der Waals surface area contributed by atoms with Crippen molar-refractivity contribution in [3.05, 3.63) is 24.3 Å². The molecule has 1 N–H and O–H groups in total. The molecular weight excluding hydrogens is 338 g/mol. The molecule has 0 saturated carbocycles. The Kier molecular flexibility index (Phi) is 6.60. The fraction of sp³-hybridized carbons (Fsp3) is 0.667. The molecule has 0 bridgehead atoms. The zero-order valence-electron chi connectivity index (χ0n) is 17.3. The molecule has 6 nitrogen and oxygen atoms in total. The van der Waals surface area contributed by atoms with E-state index >= 15 is 0 Å². The van der Waals surface area contributed by atoms with Gasteiger partial charge in [0.1, 0.15) is 0 Å². The molecule has 2 amide bonds. The predicted octanol–water partition coefficient (Wildman–Crippen LogP) is 2.63. The van der Waals surface area contributed by atoms with Gasteiger partial charge in [0, 0.05) is 70.8 Å². The third kappa shape index (κ3) is 5.14. The van der Waals surface area contributed by atoms with Gasteiger partial charge >= 0.3 is 6.03 Å². The van der Waals surface area contributed by atoms with E-state index in [1.165, 1.54) is 13.1 Å². The Balaban J connectivity index is 1.48. The third-order valence-electron chi connectivity index (χ3n) is 6.24. The quantitative estimate of drug-likeness (QED) is 0.881. The highest BCUT2D eigenvalue weighted by molar-refractivity contribution is 5.90. The van der Waals surface area contributed by atoms with Crippen LogP contribution in [0, 0.1) is 5.92 Å². The van der Waals surface area contributed by atoms with Crippen LogP contribution < -0.4 is 10.2 Å². The molecule has 2 saturated heterocycles. The number of nitrogens with one attached hydrogen (secondary N) is 1. The summed E-state index contributed by atoms with van der Waals surface area (Å²) >= 11 is 0. The summed E-state index contributed by atoms with van der Waals surface area (Å²) in [6.45, 7) is 8.73. The monoisotopic (exact) mass is 373 g/mol. The van der Waals surface area contributed by atoms with Crippen molar-refractivity contribution in [2.45, 2.75) is 25.8 Å². The third-order valence-corrected chi connectivity index (χ3v) is 6.24. The Bertz CT molecular complexity index is 619. The summed E-state index contributed by atoms with van der Waals surface area (Å²) in [5, 5.41) is 3.06. The molecule has 1 aromatic carbocycles. The first kappa shape index (κ1) is 20.0. The number of amides is 2. The molecule has 3 rings (SSSR count). The van der Waals surface area contributed by atoms with Crippen molar-refractivity contribution in [3.63, 3.8) is 0 Å². The minimum Gasteiger partial charge on any atom is -0.378 e. The molecule has 0 aliphatic carbocycles. The van der Waals surface area contributed by atoms with Crippen molar-refractivity contribution in [3.8, 4) is 0 Å². The molecule has 2 heterocycles. The van der Waals surface area contributed by atoms with Gasteiger partial charge in [-0.25, -0.2) is 4.79 Å². The maximum Gasteiger partial charge on any atom is 0.321 e. The number of hydrogen-bond donors (Lipinski definition) is 1. The van der Waals surface area contributed by atoms with Gasteiger partial charge in [0.25, 0.3) is 0 Å². The Labute approximate surface area is 164 Å². The first-order valence-electron chi connectivity index (χ1n) is 10.2. The van der Waals surface area contributed by atoms with Crippen molar-refractivity contribution in [2.24, 2.45) is 5.92 Å². The lowest BCUT2D eigenvalue weighted by Crippen LogP contribution is -2.52. The zero-order valence-corrected chi connectivity index (χ0v) is 17.3. The molecule has 0 aromatic heterocycles. The minimum absolute atomic E-state index is 0.0246. The molecule has 27 heavy (non-hydrogen) atoms. The number of benzene rings is 1. The molecule has 0 spiro atoms. The molecule has 1 aromatic rings. The number of hydrogen-bond acceptors (Lipinski definition) is 4. The van der Waals surface area contributed by atoms with Crippen LogP contribution in [0.15, 0.2) is 24.3 Å². The number of likely N-dealkylation sites (N-methyl/N-ethyl adjacent to an activating group) is 1. The topological polar surface area (TPSA) is 42.1 Å². The lowest BCUT2D eigenvalue weighted by atomic mass is 9.89. The molecule has 2 aliphatic rings. The van der Waals surface area contributed by atoms with Gasteiger partial charge in [0.2, 0.25) is 0 Å². The van der Waals surface area contributed by atoms with Crippen LogP contribution in [0.2, 0.25) is 0 Å². The predicted molar refractivity (Wildman–Crippen MR) is 113 cm³/mol. The lowest BCUT2D eigenvalue weighted by Gasteiger charge is -2.42. The van der Waals surface area contributed by atoms with Crippen LogP contribution >= 0.6 is 0 Å². The zero-order chi connectivity index (χ0) is 19.4. The van der Waals surface area contributed by atoms with Crippen LogP contribution in [0.4, 0.5) is 16.2 Å². The van der Waals surface area contributed by atoms with Gasteiger partial charge in [-0.3, -0.25) is 4.90 Å². The van der Waals surface area contributed by atoms with E-state index in [4.69, 9.17) is 0 Å². The number of rotatable bonds is 4. The van der Waals surface area contributed by atoms with Gasteiger partial charge in [-0.05, 0) is 50.9 Å². The van der Waals surface area contributed by atoms with Crippen LogP contribution in [0.25, 0.3) is 0 Å². The molecule has 0 unspecified atom stereocenters. The number of piperidine rings is 1. The maximum atomic E-state index is 12.6. The van der Waals surface area contributed by atoms with Crippen molar-refractivity contribution >= 4 is 17.4 Å². The number of urea groups is 1. The number of carbonyl (C=O) groups is 1.